The van der Waals surface area contributed by atoms with Gasteiger partial charge in [0.2, 0.25) is 5.91 Å². The van der Waals surface area contributed by atoms with Gasteiger partial charge in [0, 0.05) is 5.56 Å². The van der Waals surface area contributed by atoms with E-state index in [-0.39, 0.29) is 0 Å². The normalized spacial score (nSPS) is 12.0. The molecule has 0 aromatic heterocycles. The number of benzene rings is 2. The minimum absolute atomic E-state index is 0.330. The minimum atomic E-state index is -0.568. The van der Waals surface area contributed by atoms with Crippen LogP contribution in [-0.4, -0.2) is 10.8 Å². The van der Waals surface area contributed by atoms with Crippen LogP contribution in [0, 0.1) is 34.1 Å². The van der Waals surface area contributed by atoms with Crippen LogP contribution in [0.5, 0.6) is 0 Å². The molecule has 0 saturated carbocycles. The van der Waals surface area contributed by atoms with Crippen molar-refractivity contribution < 1.29 is 4.79 Å². The monoisotopic (exact) mass is 313 g/mol. The zero-order valence-electron chi connectivity index (χ0n) is 12.6. The maximum atomic E-state index is 11.6. The van der Waals surface area contributed by atoms with Gasteiger partial charge >= 0.3 is 0 Å². The Hall–Kier alpha value is -3.82. The first-order chi connectivity index (χ1) is 11.6. The number of carbonyl (C=O) groups is 1. The number of hydrogen-bond acceptors (Lipinski definition) is 5. The third-order valence-electron chi connectivity index (χ3n) is 4.04. The molecule has 114 valence electrons. The molecule has 1 heterocycles. The van der Waals surface area contributed by atoms with Crippen LogP contribution in [-0.2, 0) is 13.1 Å². The van der Waals surface area contributed by atoms with Crippen LogP contribution in [0.25, 0.3) is 11.1 Å². The van der Waals surface area contributed by atoms with E-state index in [4.69, 9.17) is 16.3 Å². The van der Waals surface area contributed by atoms with Crippen LogP contribution < -0.4 is 5.73 Å². The van der Waals surface area contributed by atoms with E-state index in [0.717, 1.165) is 11.1 Å². The van der Waals surface area contributed by atoms with Crippen molar-refractivity contribution >= 4 is 5.91 Å². The molecule has 2 N–H and O–H groups in total. The van der Waals surface area contributed by atoms with Gasteiger partial charge in [-0.15, -0.1) is 0 Å². The van der Waals surface area contributed by atoms with Crippen molar-refractivity contribution in [2.24, 2.45) is 5.73 Å². The molecule has 0 fully saturated rings. The predicted octanol–water partition coefficient (Wildman–Crippen LogP) is 1.99. The first-order valence-electron chi connectivity index (χ1n) is 7.12. The van der Waals surface area contributed by atoms with Gasteiger partial charge in [0.25, 0.3) is 0 Å². The Morgan fingerprint density at radius 2 is 1.83 bits per heavy atom. The first-order valence-corrected chi connectivity index (χ1v) is 7.12. The summed E-state index contributed by atoms with van der Waals surface area (Å²) in [7, 11) is 0. The second-order valence-electron chi connectivity index (χ2n) is 5.47. The Morgan fingerprint density at radius 3 is 2.46 bits per heavy atom. The van der Waals surface area contributed by atoms with Crippen LogP contribution in [0.3, 0.4) is 0 Å². The maximum Gasteiger partial charge on any atom is 0.248 e. The SMILES string of the molecule is N#Cc1ccc(-c2cc(C(N)=O)cc3c2CN(C#N)C3)c(C#N)c1. The van der Waals surface area contributed by atoms with Crippen molar-refractivity contribution in [1.82, 2.24) is 4.90 Å². The second kappa shape index (κ2) is 5.76. The van der Waals surface area contributed by atoms with Gasteiger partial charge in [-0.1, -0.05) is 6.07 Å². The Bertz CT molecular complexity index is 988. The molecule has 24 heavy (non-hydrogen) atoms. The number of nitrogens with zero attached hydrogens (tertiary/aromatic N) is 4. The van der Waals surface area contributed by atoms with E-state index < -0.39 is 5.91 Å². The van der Waals surface area contributed by atoms with Crippen LogP contribution in [0.15, 0.2) is 30.3 Å². The summed E-state index contributed by atoms with van der Waals surface area (Å²) in [6.07, 6.45) is 2.09. The summed E-state index contributed by atoms with van der Waals surface area (Å²) in [5, 5.41) is 27.5. The number of nitriles is 3. The lowest BCUT2D eigenvalue weighted by atomic mass is 9.91. The van der Waals surface area contributed by atoms with Crippen LogP contribution in [0.1, 0.15) is 32.6 Å². The summed E-state index contributed by atoms with van der Waals surface area (Å²) in [5.74, 6) is -0.568. The zero-order valence-corrected chi connectivity index (χ0v) is 12.6. The number of nitrogens with two attached hydrogens (primary N) is 1. The smallest absolute Gasteiger partial charge is 0.248 e. The highest BCUT2D eigenvalue weighted by Crippen LogP contribution is 2.35. The van der Waals surface area contributed by atoms with Crippen molar-refractivity contribution in [2.75, 3.05) is 0 Å². The summed E-state index contributed by atoms with van der Waals surface area (Å²) in [6, 6.07) is 12.2. The molecule has 0 radical (unpaired) electrons. The molecule has 6 heteroatoms. The Morgan fingerprint density at radius 1 is 1.04 bits per heavy atom. The highest BCUT2D eigenvalue weighted by atomic mass is 16.1. The van der Waals surface area contributed by atoms with Crippen LogP contribution in [0.4, 0.5) is 0 Å². The van der Waals surface area contributed by atoms with Crippen molar-refractivity contribution in [3.8, 4) is 29.5 Å². The molecule has 1 amide bonds. The number of rotatable bonds is 2. The summed E-state index contributed by atoms with van der Waals surface area (Å²) >= 11 is 0. The van der Waals surface area contributed by atoms with E-state index in [1.54, 1.807) is 29.2 Å². The molecular weight excluding hydrogens is 302 g/mol. The van der Waals surface area contributed by atoms with E-state index >= 15 is 0 Å². The fourth-order valence-corrected chi connectivity index (χ4v) is 2.91. The topological polar surface area (TPSA) is 118 Å². The van der Waals surface area contributed by atoms with Gasteiger partial charge in [-0.25, -0.2) is 0 Å². The van der Waals surface area contributed by atoms with Crippen LogP contribution in [0.2, 0.25) is 0 Å². The predicted molar refractivity (Wildman–Crippen MR) is 84.7 cm³/mol. The zero-order chi connectivity index (χ0) is 17.3. The van der Waals surface area contributed by atoms with E-state index in [1.807, 2.05) is 6.07 Å². The highest BCUT2D eigenvalue weighted by Gasteiger charge is 2.24. The molecule has 0 bridgehead atoms. The molecular formula is C18H11N5O. The standard InChI is InChI=1S/C18H11N5O/c19-6-11-1-2-15(13(3-11)7-20)16-5-12(18(22)24)4-14-8-23(10-21)9-17(14)16/h1-5H,8-9H2,(H2,22,24). The average molecular weight is 313 g/mol. The maximum absolute atomic E-state index is 11.6. The lowest BCUT2D eigenvalue weighted by molar-refractivity contribution is 0.1000. The Kier molecular flexibility index (Phi) is 3.62. The van der Waals surface area contributed by atoms with E-state index in [1.165, 1.54) is 6.07 Å². The molecule has 0 aliphatic carbocycles. The van der Waals surface area contributed by atoms with Crippen molar-refractivity contribution in [3.05, 3.63) is 58.1 Å². The van der Waals surface area contributed by atoms with E-state index in [2.05, 4.69) is 12.3 Å². The molecule has 1 aliphatic rings. The van der Waals surface area contributed by atoms with Crippen molar-refractivity contribution in [2.45, 2.75) is 13.1 Å². The molecule has 2 aromatic carbocycles. The van der Waals surface area contributed by atoms with Crippen molar-refractivity contribution in [1.29, 1.82) is 15.8 Å². The molecule has 6 nitrogen and oxygen atoms in total. The average Bonchev–Trinajstić information content (AvgIpc) is 3.03. The highest BCUT2D eigenvalue weighted by molar-refractivity contribution is 5.95. The van der Waals surface area contributed by atoms with Crippen molar-refractivity contribution in [3.63, 3.8) is 0 Å². The van der Waals surface area contributed by atoms with Gasteiger partial charge in [0.1, 0.15) is 0 Å². The molecule has 1 aliphatic heterocycles. The molecule has 0 saturated heterocycles. The van der Waals surface area contributed by atoms with Gasteiger partial charge in [-0.05, 0) is 46.5 Å². The van der Waals surface area contributed by atoms with Gasteiger partial charge in [-0.3, -0.25) is 4.79 Å². The lowest BCUT2D eigenvalue weighted by Crippen LogP contribution is -2.12. The first kappa shape index (κ1) is 15.1. The van der Waals surface area contributed by atoms with E-state index in [0.29, 0.717) is 40.9 Å². The summed E-state index contributed by atoms with van der Waals surface area (Å²) < 4.78 is 0. The summed E-state index contributed by atoms with van der Waals surface area (Å²) in [5.41, 5.74) is 9.52. The summed E-state index contributed by atoms with van der Waals surface area (Å²) in [4.78, 5) is 13.2. The van der Waals surface area contributed by atoms with Gasteiger partial charge in [0.15, 0.2) is 6.19 Å². The second-order valence-corrected chi connectivity index (χ2v) is 5.47. The third kappa shape index (κ3) is 2.41. The van der Waals surface area contributed by atoms with Crippen LogP contribution >= 0.6 is 0 Å². The number of carbonyl (C=O) groups excluding carboxylic acids is 1. The fraction of sp³-hybridized carbons (Fsp3) is 0.111. The molecule has 0 atom stereocenters. The summed E-state index contributed by atoms with van der Waals surface area (Å²) in [6.45, 7) is 0.809. The van der Waals surface area contributed by atoms with Gasteiger partial charge in [0.05, 0.1) is 36.4 Å². The Labute approximate surface area is 138 Å². The quantitative estimate of drug-likeness (QED) is 0.851. The number of hydrogen-bond donors (Lipinski definition) is 1. The lowest BCUT2D eigenvalue weighted by Gasteiger charge is -2.12. The third-order valence-corrected chi connectivity index (χ3v) is 4.04. The minimum Gasteiger partial charge on any atom is -0.366 e. The number of primary amides is 1. The molecule has 2 aromatic rings. The Balaban J connectivity index is 2.27. The van der Waals surface area contributed by atoms with Gasteiger partial charge in [-0.2, -0.15) is 15.8 Å². The number of amides is 1. The van der Waals surface area contributed by atoms with Gasteiger partial charge < -0.3 is 10.6 Å². The molecule has 0 unspecified atom stereocenters. The molecule has 3 rings (SSSR count). The largest absolute Gasteiger partial charge is 0.366 e. The molecule has 0 spiro atoms. The number of fused-ring (bicyclic) bond motifs is 1. The van der Waals surface area contributed by atoms with E-state index in [9.17, 15) is 10.1 Å². The fourth-order valence-electron chi connectivity index (χ4n) is 2.91.